The Labute approximate surface area is 393 Å². The number of carbonyl (C=O) groups excluding carboxylic acids is 3. The molecule has 0 amide bonds. The molecule has 0 saturated heterocycles. The zero-order chi connectivity index (χ0) is 46.5. The van der Waals surface area contributed by atoms with Crippen LogP contribution in [0, 0.1) is 0 Å². The van der Waals surface area contributed by atoms with Crippen molar-refractivity contribution in [1.29, 1.82) is 0 Å². The van der Waals surface area contributed by atoms with Gasteiger partial charge in [0.25, 0.3) is 0 Å². The molecule has 0 radical (unpaired) electrons. The monoisotopic (exact) mass is 887 g/mol. The highest BCUT2D eigenvalue weighted by molar-refractivity contribution is 5.71. The second kappa shape index (κ2) is 51.7. The molecule has 6 nitrogen and oxygen atoms in total. The van der Waals surface area contributed by atoms with Crippen LogP contribution in [0.4, 0.5) is 0 Å². The van der Waals surface area contributed by atoms with E-state index in [1.165, 1.54) is 57.8 Å². The summed E-state index contributed by atoms with van der Waals surface area (Å²) in [6, 6.07) is 0. The highest BCUT2D eigenvalue weighted by Crippen LogP contribution is 2.14. The largest absolute Gasteiger partial charge is 0.462 e. The number of hydrogen-bond acceptors (Lipinski definition) is 6. The predicted octanol–water partition coefficient (Wildman–Crippen LogP) is 17.1. The molecule has 1 atom stereocenters. The number of unbranched alkanes of at least 4 members (excludes halogenated alkanes) is 20. The third-order valence-electron chi connectivity index (χ3n) is 10.6. The second-order valence-corrected chi connectivity index (χ2v) is 16.8. The Kier molecular flexibility index (Phi) is 48.5. The van der Waals surface area contributed by atoms with Gasteiger partial charge in [0.1, 0.15) is 13.2 Å². The van der Waals surface area contributed by atoms with Gasteiger partial charge in [-0.25, -0.2) is 0 Å². The maximum absolute atomic E-state index is 12.8. The Morgan fingerprint density at radius 1 is 0.344 bits per heavy atom. The Bertz CT molecular complexity index is 1340. The van der Waals surface area contributed by atoms with Crippen LogP contribution in [0.25, 0.3) is 0 Å². The average molecular weight is 887 g/mol. The zero-order valence-electron chi connectivity index (χ0n) is 41.3. The molecule has 0 aliphatic heterocycles. The zero-order valence-corrected chi connectivity index (χ0v) is 41.3. The normalized spacial score (nSPS) is 13.0. The molecule has 0 rings (SSSR count). The summed E-state index contributed by atoms with van der Waals surface area (Å²) in [7, 11) is 0. The van der Waals surface area contributed by atoms with Crippen LogP contribution in [0.15, 0.2) is 109 Å². The Hall–Kier alpha value is -3.93. The van der Waals surface area contributed by atoms with Crippen molar-refractivity contribution in [2.75, 3.05) is 13.2 Å². The van der Waals surface area contributed by atoms with Crippen molar-refractivity contribution >= 4 is 17.9 Å². The summed E-state index contributed by atoms with van der Waals surface area (Å²) >= 11 is 0. The number of carbonyl (C=O) groups is 3. The van der Waals surface area contributed by atoms with E-state index >= 15 is 0 Å². The number of rotatable bonds is 45. The van der Waals surface area contributed by atoms with Gasteiger partial charge >= 0.3 is 17.9 Å². The van der Waals surface area contributed by atoms with Crippen molar-refractivity contribution in [3.8, 4) is 0 Å². The standard InChI is InChI=1S/C58H94O6/c1-4-7-10-13-16-19-22-25-28-29-30-31-34-36-39-42-45-48-51-57(60)63-54-55(64-58(61)52-49-46-43-40-37-33-27-24-21-18-15-12-9-6-3)53-62-56(59)50-47-44-41-38-35-32-26-23-20-17-14-11-8-5-2/h8-13,16-22,25,28-31,55H,4-7,14-15,23-24,26-27,32-54H2,1-3H3/b11-8-,12-9-,13-10-,19-16-,20-17-,21-18-,25-22-,29-28-,31-30-. The minimum absolute atomic E-state index is 0.0961. The van der Waals surface area contributed by atoms with Gasteiger partial charge in [-0.05, 0) is 89.9 Å². The van der Waals surface area contributed by atoms with Gasteiger partial charge < -0.3 is 14.2 Å². The van der Waals surface area contributed by atoms with E-state index in [2.05, 4.69) is 106 Å². The fraction of sp³-hybridized carbons (Fsp3) is 0.638. The summed E-state index contributed by atoms with van der Waals surface area (Å²) in [5.41, 5.74) is 0. The number of allylic oxidation sites excluding steroid dienone is 18. The Morgan fingerprint density at radius 2 is 0.672 bits per heavy atom. The van der Waals surface area contributed by atoms with E-state index in [1.54, 1.807) is 0 Å². The maximum Gasteiger partial charge on any atom is 0.306 e. The molecule has 0 aromatic carbocycles. The molecule has 64 heavy (non-hydrogen) atoms. The van der Waals surface area contributed by atoms with E-state index in [0.717, 1.165) is 122 Å². The van der Waals surface area contributed by atoms with Gasteiger partial charge in [0.15, 0.2) is 6.10 Å². The van der Waals surface area contributed by atoms with E-state index in [4.69, 9.17) is 14.2 Å². The molecule has 0 aromatic rings. The molecular weight excluding hydrogens is 793 g/mol. The molecule has 0 fully saturated rings. The van der Waals surface area contributed by atoms with Gasteiger partial charge in [0, 0.05) is 19.3 Å². The molecule has 0 aliphatic carbocycles. The molecule has 362 valence electrons. The van der Waals surface area contributed by atoms with E-state index in [1.807, 2.05) is 24.3 Å². The van der Waals surface area contributed by atoms with Crippen molar-refractivity contribution < 1.29 is 28.6 Å². The minimum atomic E-state index is -0.798. The highest BCUT2D eigenvalue weighted by atomic mass is 16.6. The van der Waals surface area contributed by atoms with Crippen LogP contribution < -0.4 is 0 Å². The summed E-state index contributed by atoms with van der Waals surface area (Å²) in [5, 5.41) is 0. The minimum Gasteiger partial charge on any atom is -0.462 e. The van der Waals surface area contributed by atoms with Crippen molar-refractivity contribution in [3.05, 3.63) is 109 Å². The fourth-order valence-corrected chi connectivity index (χ4v) is 6.78. The first kappa shape index (κ1) is 60.1. The Morgan fingerprint density at radius 3 is 1.08 bits per heavy atom. The first-order valence-corrected chi connectivity index (χ1v) is 26.0. The van der Waals surface area contributed by atoms with Gasteiger partial charge in [0.05, 0.1) is 0 Å². The maximum atomic E-state index is 12.8. The van der Waals surface area contributed by atoms with Crippen LogP contribution in [-0.4, -0.2) is 37.2 Å². The quantitative estimate of drug-likeness (QED) is 0.0199. The summed E-state index contributed by atoms with van der Waals surface area (Å²) in [4.78, 5) is 38.0. The lowest BCUT2D eigenvalue weighted by Gasteiger charge is -2.18. The smallest absolute Gasteiger partial charge is 0.306 e. The fourth-order valence-electron chi connectivity index (χ4n) is 6.78. The molecule has 0 aromatic heterocycles. The SMILES string of the molecule is CC/C=C\C/C=C\CCCCCCCCCC(=O)OCC(COC(=O)CCCCCCC\C=C/C=C\C=C/C=C\C=C/CCC)OC(=O)CCCCCCCCC/C=C\C/C=C\CC. The summed E-state index contributed by atoms with van der Waals surface area (Å²) < 4.78 is 16.8. The van der Waals surface area contributed by atoms with Gasteiger partial charge in [-0.15, -0.1) is 0 Å². The topological polar surface area (TPSA) is 78.9 Å². The third kappa shape index (κ3) is 49.1. The van der Waals surface area contributed by atoms with Crippen LogP contribution in [0.3, 0.4) is 0 Å². The molecule has 0 N–H and O–H groups in total. The molecule has 0 spiro atoms. The Balaban J connectivity index is 4.47. The molecule has 0 bridgehead atoms. The number of ether oxygens (including phenoxy) is 3. The van der Waals surface area contributed by atoms with Crippen molar-refractivity contribution in [1.82, 2.24) is 0 Å². The molecule has 1 unspecified atom stereocenters. The average Bonchev–Trinajstić information content (AvgIpc) is 3.29. The van der Waals surface area contributed by atoms with E-state index in [0.29, 0.717) is 19.3 Å². The van der Waals surface area contributed by atoms with Crippen LogP contribution in [-0.2, 0) is 28.6 Å². The molecule has 0 saturated carbocycles. The summed E-state index contributed by atoms with van der Waals surface area (Å²) in [5.74, 6) is -0.943. The lowest BCUT2D eigenvalue weighted by molar-refractivity contribution is -0.167. The highest BCUT2D eigenvalue weighted by Gasteiger charge is 2.19. The van der Waals surface area contributed by atoms with Crippen LogP contribution in [0.5, 0.6) is 0 Å². The van der Waals surface area contributed by atoms with E-state index in [9.17, 15) is 14.4 Å². The third-order valence-corrected chi connectivity index (χ3v) is 10.6. The number of esters is 3. The van der Waals surface area contributed by atoms with Crippen LogP contribution in [0.2, 0.25) is 0 Å². The lowest BCUT2D eigenvalue weighted by Crippen LogP contribution is -2.30. The van der Waals surface area contributed by atoms with Crippen LogP contribution >= 0.6 is 0 Å². The van der Waals surface area contributed by atoms with Gasteiger partial charge in [0.2, 0.25) is 0 Å². The molecule has 0 aliphatic rings. The summed E-state index contributed by atoms with van der Waals surface area (Å²) in [6.07, 6.45) is 69.2. The molecular formula is C58H94O6. The van der Waals surface area contributed by atoms with Crippen LogP contribution in [0.1, 0.15) is 220 Å². The first-order chi connectivity index (χ1) is 31.5. The van der Waals surface area contributed by atoms with Gasteiger partial charge in [-0.2, -0.15) is 0 Å². The molecule has 6 heteroatoms. The van der Waals surface area contributed by atoms with E-state index < -0.39 is 6.10 Å². The summed E-state index contributed by atoms with van der Waals surface area (Å²) in [6.45, 7) is 6.29. The second-order valence-electron chi connectivity index (χ2n) is 16.8. The van der Waals surface area contributed by atoms with Crippen molar-refractivity contribution in [2.45, 2.75) is 226 Å². The predicted molar refractivity (Wildman–Crippen MR) is 274 cm³/mol. The number of hydrogen-bond donors (Lipinski definition) is 0. The van der Waals surface area contributed by atoms with Gasteiger partial charge in [-0.3, -0.25) is 14.4 Å². The molecule has 0 heterocycles. The van der Waals surface area contributed by atoms with Crippen molar-refractivity contribution in [3.63, 3.8) is 0 Å². The first-order valence-electron chi connectivity index (χ1n) is 26.0. The van der Waals surface area contributed by atoms with Gasteiger partial charge in [-0.1, -0.05) is 220 Å². The van der Waals surface area contributed by atoms with Crippen molar-refractivity contribution in [2.24, 2.45) is 0 Å². The van der Waals surface area contributed by atoms with E-state index in [-0.39, 0.29) is 31.1 Å². The lowest BCUT2D eigenvalue weighted by atomic mass is 10.1.